The first-order chi connectivity index (χ1) is 16.6. The number of carbonyl (C=O) groups excluding carboxylic acids is 2. The molecule has 0 spiro atoms. The Balaban J connectivity index is 1.96. The Morgan fingerprint density at radius 2 is 1.56 bits per heavy atom. The number of hydrogen-bond donors (Lipinski definition) is 1. The highest BCUT2D eigenvalue weighted by Crippen LogP contribution is 2.36. The van der Waals surface area contributed by atoms with Crippen LogP contribution in [0, 0.1) is 6.92 Å². The summed E-state index contributed by atoms with van der Waals surface area (Å²) < 4.78 is 80.1. The number of benzene rings is 1. The van der Waals surface area contributed by atoms with Gasteiger partial charge in [0.1, 0.15) is 17.8 Å². The van der Waals surface area contributed by atoms with Crippen molar-refractivity contribution in [2.24, 2.45) is 0 Å². The minimum Gasteiger partial charge on any atom is -0.343 e. The van der Waals surface area contributed by atoms with Crippen molar-refractivity contribution >= 4 is 11.8 Å². The highest BCUT2D eigenvalue weighted by molar-refractivity contribution is 5.95. The van der Waals surface area contributed by atoms with Crippen LogP contribution in [0.2, 0.25) is 0 Å². The quantitative estimate of drug-likeness (QED) is 0.521. The molecule has 0 aliphatic carbocycles. The van der Waals surface area contributed by atoms with Crippen molar-refractivity contribution < 1.29 is 35.9 Å². The van der Waals surface area contributed by atoms with E-state index >= 15 is 0 Å². The monoisotopic (exact) mass is 515 g/mol. The van der Waals surface area contributed by atoms with Crippen molar-refractivity contribution in [1.82, 2.24) is 34.9 Å². The molecule has 15 heteroatoms. The van der Waals surface area contributed by atoms with Crippen molar-refractivity contribution in [2.45, 2.75) is 32.2 Å². The molecule has 0 aliphatic heterocycles. The fourth-order valence-corrected chi connectivity index (χ4v) is 3.12. The highest BCUT2D eigenvalue weighted by Gasteiger charge is 2.37. The van der Waals surface area contributed by atoms with Crippen molar-refractivity contribution in [2.75, 3.05) is 14.1 Å². The van der Waals surface area contributed by atoms with Gasteiger partial charge in [-0.05, 0) is 32.0 Å². The summed E-state index contributed by atoms with van der Waals surface area (Å²) in [6, 6.07) is 0.873. The molecule has 0 saturated carbocycles. The lowest BCUT2D eigenvalue weighted by molar-refractivity contribution is -0.143. The predicted octanol–water partition coefficient (Wildman–Crippen LogP) is 3.60. The van der Waals surface area contributed by atoms with E-state index in [1.807, 2.05) is 0 Å². The van der Waals surface area contributed by atoms with Crippen LogP contribution in [0.3, 0.4) is 0 Å². The molecule has 3 aromatic rings. The summed E-state index contributed by atoms with van der Waals surface area (Å²) in [6.45, 7) is 2.92. The van der Waals surface area contributed by atoms with Crippen LogP contribution >= 0.6 is 0 Å². The van der Waals surface area contributed by atoms with Gasteiger partial charge in [0.15, 0.2) is 11.6 Å². The zero-order valence-corrected chi connectivity index (χ0v) is 19.2. The molecular formula is C21H19F6N7O2. The topological polar surface area (TPSA) is 106 Å². The number of carbonyl (C=O) groups is 2. The maximum absolute atomic E-state index is 13.1. The second-order valence-electron chi connectivity index (χ2n) is 7.88. The Kier molecular flexibility index (Phi) is 7.04. The number of hydrogen-bond acceptors (Lipinski definition) is 6. The first-order valence-corrected chi connectivity index (χ1v) is 10.2. The lowest BCUT2D eigenvalue weighted by Crippen LogP contribution is -2.29. The number of amides is 2. The average Bonchev–Trinajstić information content (AvgIpc) is 3.19. The maximum atomic E-state index is 13.1. The Hall–Kier alpha value is -4.04. The molecule has 0 radical (unpaired) electrons. The smallest absolute Gasteiger partial charge is 0.343 e. The number of nitrogens with zero attached hydrogens (tertiary/aromatic N) is 6. The molecule has 2 aromatic heterocycles. The molecule has 0 unspecified atom stereocenters. The molecule has 0 bridgehead atoms. The van der Waals surface area contributed by atoms with Crippen LogP contribution in [-0.4, -0.2) is 55.5 Å². The fourth-order valence-electron chi connectivity index (χ4n) is 3.12. The minimum atomic E-state index is -5.10. The Morgan fingerprint density at radius 1 is 0.972 bits per heavy atom. The number of aromatic nitrogens is 5. The van der Waals surface area contributed by atoms with Gasteiger partial charge < -0.3 is 10.2 Å². The molecule has 192 valence electrons. The summed E-state index contributed by atoms with van der Waals surface area (Å²) >= 11 is 0. The van der Waals surface area contributed by atoms with Gasteiger partial charge in [-0.25, -0.2) is 15.0 Å². The van der Waals surface area contributed by atoms with E-state index < -0.39 is 46.9 Å². The SMILES string of the molecule is Cc1nc([C@H](C)NC(=O)c2cc(C(F)(F)F)cc(C(F)(F)F)c2)n(-c2cc(C(=O)N(C)C)ncn2)n1. The third kappa shape index (κ3) is 5.78. The predicted molar refractivity (Wildman–Crippen MR) is 112 cm³/mol. The maximum Gasteiger partial charge on any atom is 0.416 e. The van der Waals surface area contributed by atoms with E-state index in [-0.39, 0.29) is 29.2 Å². The van der Waals surface area contributed by atoms with Crippen LogP contribution in [-0.2, 0) is 12.4 Å². The van der Waals surface area contributed by atoms with Crippen LogP contribution in [0.15, 0.2) is 30.6 Å². The summed E-state index contributed by atoms with van der Waals surface area (Å²) in [4.78, 5) is 38.3. The third-order valence-corrected chi connectivity index (χ3v) is 4.82. The van der Waals surface area contributed by atoms with Crippen molar-refractivity contribution in [3.05, 3.63) is 64.6 Å². The number of aryl methyl sites for hydroxylation is 1. The molecule has 0 saturated heterocycles. The lowest BCUT2D eigenvalue weighted by atomic mass is 10.0. The summed E-state index contributed by atoms with van der Waals surface area (Å²) in [6.07, 6.45) is -9.10. The average molecular weight is 515 g/mol. The first-order valence-electron chi connectivity index (χ1n) is 10.2. The number of nitrogens with one attached hydrogen (secondary N) is 1. The van der Waals surface area contributed by atoms with E-state index in [0.29, 0.717) is 12.1 Å². The fraction of sp³-hybridized carbons (Fsp3) is 0.333. The molecule has 0 fully saturated rings. The molecule has 9 nitrogen and oxygen atoms in total. The van der Waals surface area contributed by atoms with Gasteiger partial charge in [-0.15, -0.1) is 5.10 Å². The zero-order valence-electron chi connectivity index (χ0n) is 19.2. The summed E-state index contributed by atoms with van der Waals surface area (Å²) in [5, 5.41) is 6.50. The molecule has 1 aromatic carbocycles. The van der Waals surface area contributed by atoms with Crippen LogP contribution in [0.25, 0.3) is 5.82 Å². The van der Waals surface area contributed by atoms with E-state index in [4.69, 9.17) is 0 Å². The molecule has 3 rings (SSSR count). The van der Waals surface area contributed by atoms with E-state index in [1.165, 1.54) is 43.6 Å². The molecule has 0 aliphatic rings. The molecule has 1 N–H and O–H groups in total. The molecule has 36 heavy (non-hydrogen) atoms. The van der Waals surface area contributed by atoms with E-state index in [1.54, 1.807) is 0 Å². The molecular weight excluding hydrogens is 496 g/mol. The third-order valence-electron chi connectivity index (χ3n) is 4.82. The van der Waals surface area contributed by atoms with Gasteiger partial charge in [-0.3, -0.25) is 9.59 Å². The van der Waals surface area contributed by atoms with Crippen LogP contribution in [0.5, 0.6) is 0 Å². The van der Waals surface area contributed by atoms with Crippen molar-refractivity contribution in [3.8, 4) is 5.82 Å². The standard InChI is InChI=1S/C21H19F6N7O2/c1-10(30-18(35)12-5-13(20(22,23)24)7-14(6-12)21(25,26)27)17-31-11(2)32-34(17)16-8-15(28-9-29-16)19(36)33(3)4/h5-10H,1-4H3,(H,30,35)/t10-/m0/s1. The largest absolute Gasteiger partial charge is 0.416 e. The highest BCUT2D eigenvalue weighted by atomic mass is 19.4. The van der Waals surface area contributed by atoms with Gasteiger partial charge in [-0.1, -0.05) is 0 Å². The van der Waals surface area contributed by atoms with Gasteiger partial charge in [0.25, 0.3) is 11.8 Å². The van der Waals surface area contributed by atoms with Gasteiger partial charge in [0.05, 0.1) is 17.2 Å². The molecule has 1 atom stereocenters. The van der Waals surface area contributed by atoms with Crippen molar-refractivity contribution in [3.63, 3.8) is 0 Å². The van der Waals surface area contributed by atoms with Gasteiger partial charge >= 0.3 is 12.4 Å². The summed E-state index contributed by atoms with van der Waals surface area (Å²) in [5.74, 6) is -1.24. The van der Waals surface area contributed by atoms with Crippen molar-refractivity contribution in [1.29, 1.82) is 0 Å². The van der Waals surface area contributed by atoms with Gasteiger partial charge in [0.2, 0.25) is 0 Å². The summed E-state index contributed by atoms with van der Waals surface area (Å²) in [7, 11) is 3.04. The number of alkyl halides is 6. The minimum absolute atomic E-state index is 0.0319. The zero-order chi connectivity index (χ0) is 27.0. The Labute approximate surface area is 200 Å². The Morgan fingerprint density at radius 3 is 2.08 bits per heavy atom. The summed E-state index contributed by atoms with van der Waals surface area (Å²) in [5.41, 5.74) is -4.04. The van der Waals surface area contributed by atoms with Crippen LogP contribution < -0.4 is 5.32 Å². The number of rotatable bonds is 5. The number of halogens is 6. The van der Waals surface area contributed by atoms with Crippen LogP contribution in [0.4, 0.5) is 26.3 Å². The van der Waals surface area contributed by atoms with E-state index in [0.717, 1.165) is 6.33 Å². The second kappa shape index (κ2) is 9.54. The van der Waals surface area contributed by atoms with E-state index in [9.17, 15) is 35.9 Å². The van der Waals surface area contributed by atoms with Gasteiger partial charge in [0, 0.05) is 25.7 Å². The molecule has 2 amide bonds. The lowest BCUT2D eigenvalue weighted by Gasteiger charge is -2.17. The molecule has 2 heterocycles. The Bertz CT molecular complexity index is 1270. The second-order valence-corrected chi connectivity index (χ2v) is 7.88. The first kappa shape index (κ1) is 26.6. The normalized spacial score (nSPS) is 12.8. The van der Waals surface area contributed by atoms with Crippen LogP contribution in [0.1, 0.15) is 56.6 Å². The van der Waals surface area contributed by atoms with Gasteiger partial charge in [-0.2, -0.15) is 31.0 Å². The van der Waals surface area contributed by atoms with E-state index in [2.05, 4.69) is 25.4 Å².